The number of nitrogen functional groups attached to an aromatic ring is 1. The molecule has 0 aliphatic rings. The van der Waals surface area contributed by atoms with Gasteiger partial charge < -0.3 is 10.2 Å². The third-order valence-corrected chi connectivity index (χ3v) is 3.55. The molecule has 0 amide bonds. The minimum Gasteiger partial charge on any atom is -0.444 e. The molecular weight excluding hydrogens is 268 g/mol. The van der Waals surface area contributed by atoms with Gasteiger partial charge in [0.25, 0.3) is 0 Å². The van der Waals surface area contributed by atoms with Crippen molar-refractivity contribution in [1.29, 1.82) is 0 Å². The maximum Gasteiger partial charge on any atom is 0.214 e. The van der Waals surface area contributed by atoms with Crippen LogP contribution < -0.4 is 5.73 Å². The van der Waals surface area contributed by atoms with Gasteiger partial charge in [0, 0.05) is 13.5 Å². The first-order valence-corrected chi connectivity index (χ1v) is 7.25. The summed E-state index contributed by atoms with van der Waals surface area (Å²) in [5.74, 6) is 1.97. The molecule has 2 N–H and O–H groups in total. The number of imidazole rings is 1. The maximum atomic E-state index is 6.06. The average molecular weight is 288 g/mol. The molecular formula is C14H20N6O. The van der Waals surface area contributed by atoms with Crippen molar-refractivity contribution in [3.8, 4) is 0 Å². The molecule has 3 aromatic heterocycles. The van der Waals surface area contributed by atoms with Gasteiger partial charge in [0.2, 0.25) is 11.8 Å². The largest absolute Gasteiger partial charge is 0.444 e. The van der Waals surface area contributed by atoms with Crippen LogP contribution in [0.25, 0.3) is 11.2 Å². The molecule has 0 saturated heterocycles. The molecule has 21 heavy (non-hydrogen) atoms. The Labute approximate surface area is 122 Å². The molecule has 0 aliphatic heterocycles. The quantitative estimate of drug-likeness (QED) is 0.774. The molecule has 7 nitrogen and oxygen atoms in total. The van der Waals surface area contributed by atoms with Crippen LogP contribution >= 0.6 is 0 Å². The second-order valence-electron chi connectivity index (χ2n) is 5.12. The van der Waals surface area contributed by atoms with Crippen LogP contribution in [-0.2, 0) is 26.4 Å². The van der Waals surface area contributed by atoms with Crippen molar-refractivity contribution in [2.45, 2.75) is 39.7 Å². The Kier molecular flexibility index (Phi) is 3.40. The number of nitrogens with zero attached hydrogens (tertiary/aromatic N) is 5. The molecule has 3 heterocycles. The van der Waals surface area contributed by atoms with Gasteiger partial charge in [-0.05, 0) is 6.42 Å². The van der Waals surface area contributed by atoms with Gasteiger partial charge >= 0.3 is 0 Å². The van der Waals surface area contributed by atoms with E-state index < -0.39 is 0 Å². The van der Waals surface area contributed by atoms with Gasteiger partial charge in [-0.2, -0.15) is 5.10 Å². The van der Waals surface area contributed by atoms with Gasteiger partial charge in [0.15, 0.2) is 5.65 Å². The first kappa shape index (κ1) is 13.7. The highest BCUT2D eigenvalue weighted by Gasteiger charge is 2.18. The van der Waals surface area contributed by atoms with Gasteiger partial charge in [-0.15, -0.1) is 0 Å². The number of oxazole rings is 1. The zero-order chi connectivity index (χ0) is 15.0. The number of aryl methyl sites for hydroxylation is 3. The lowest BCUT2D eigenvalue weighted by atomic mass is 10.2. The fraction of sp³-hybridized carbons (Fsp3) is 0.500. The Bertz CT molecular complexity index is 766. The molecule has 0 aromatic carbocycles. The zero-order valence-corrected chi connectivity index (χ0v) is 12.6. The molecule has 112 valence electrons. The number of nitrogens with two attached hydrogens (primary N) is 1. The molecule has 0 spiro atoms. The maximum absolute atomic E-state index is 6.06. The molecule has 0 fully saturated rings. The Hall–Kier alpha value is -2.31. The minimum atomic E-state index is 0.464. The lowest BCUT2D eigenvalue weighted by molar-refractivity contribution is 0.448. The highest BCUT2D eigenvalue weighted by molar-refractivity contribution is 5.77. The standard InChI is InChI=1S/C14H20N6O/c1-4-6-10-12-13(19(3)18-10)20(14(15)17-12)8-11-16-7-9(5-2)21-11/h7H,4-6,8H2,1-3H3,(H2,15,17). The zero-order valence-electron chi connectivity index (χ0n) is 12.6. The summed E-state index contributed by atoms with van der Waals surface area (Å²) in [5, 5.41) is 4.53. The van der Waals surface area contributed by atoms with Crippen molar-refractivity contribution >= 4 is 17.1 Å². The Morgan fingerprint density at radius 2 is 2.14 bits per heavy atom. The number of rotatable bonds is 5. The van der Waals surface area contributed by atoms with E-state index in [4.69, 9.17) is 10.2 Å². The molecule has 0 radical (unpaired) electrons. The Morgan fingerprint density at radius 1 is 1.33 bits per heavy atom. The predicted molar refractivity (Wildman–Crippen MR) is 79.9 cm³/mol. The van der Waals surface area contributed by atoms with Crippen LogP contribution in [-0.4, -0.2) is 24.3 Å². The normalized spacial score (nSPS) is 11.6. The molecule has 0 bridgehead atoms. The Balaban J connectivity index is 2.03. The number of fused-ring (bicyclic) bond motifs is 1. The monoisotopic (exact) mass is 288 g/mol. The van der Waals surface area contributed by atoms with Crippen LogP contribution in [0.15, 0.2) is 10.6 Å². The van der Waals surface area contributed by atoms with Crippen LogP contribution in [0.2, 0.25) is 0 Å². The van der Waals surface area contributed by atoms with E-state index in [1.807, 2.05) is 23.2 Å². The molecule has 0 unspecified atom stereocenters. The van der Waals surface area contributed by atoms with Crippen LogP contribution in [0.5, 0.6) is 0 Å². The van der Waals surface area contributed by atoms with Crippen LogP contribution in [0.4, 0.5) is 5.95 Å². The SMILES string of the molecule is CCCc1nn(C)c2c1nc(N)n2Cc1ncc(CC)o1. The summed E-state index contributed by atoms with van der Waals surface area (Å²) in [5.41, 5.74) is 8.83. The van der Waals surface area contributed by atoms with E-state index in [1.54, 1.807) is 6.20 Å². The van der Waals surface area contributed by atoms with Crippen molar-refractivity contribution in [3.63, 3.8) is 0 Å². The molecule has 0 aliphatic carbocycles. The molecule has 0 saturated carbocycles. The highest BCUT2D eigenvalue weighted by Crippen LogP contribution is 2.23. The van der Waals surface area contributed by atoms with E-state index in [1.165, 1.54) is 0 Å². The third kappa shape index (κ3) is 2.28. The van der Waals surface area contributed by atoms with Gasteiger partial charge in [-0.3, -0.25) is 9.25 Å². The summed E-state index contributed by atoms with van der Waals surface area (Å²) in [6.07, 6.45) is 4.50. The number of aromatic nitrogens is 5. The highest BCUT2D eigenvalue weighted by atomic mass is 16.4. The summed E-state index contributed by atoms with van der Waals surface area (Å²) >= 11 is 0. The second kappa shape index (κ2) is 5.23. The summed E-state index contributed by atoms with van der Waals surface area (Å²) in [4.78, 5) is 8.75. The first-order valence-electron chi connectivity index (χ1n) is 7.25. The van der Waals surface area contributed by atoms with Crippen LogP contribution in [0.3, 0.4) is 0 Å². The van der Waals surface area contributed by atoms with E-state index in [2.05, 4.69) is 22.0 Å². The fourth-order valence-corrected chi connectivity index (χ4v) is 2.54. The van der Waals surface area contributed by atoms with Crippen molar-refractivity contribution < 1.29 is 4.42 Å². The molecule has 0 atom stereocenters. The second-order valence-corrected chi connectivity index (χ2v) is 5.12. The lowest BCUT2D eigenvalue weighted by Gasteiger charge is -2.03. The van der Waals surface area contributed by atoms with Gasteiger partial charge in [0.1, 0.15) is 17.8 Å². The third-order valence-electron chi connectivity index (χ3n) is 3.55. The van der Waals surface area contributed by atoms with E-state index >= 15 is 0 Å². The average Bonchev–Trinajstić information content (AvgIpc) is 3.11. The van der Waals surface area contributed by atoms with E-state index in [0.717, 1.165) is 41.9 Å². The van der Waals surface area contributed by atoms with Gasteiger partial charge in [-0.25, -0.2) is 9.97 Å². The smallest absolute Gasteiger partial charge is 0.214 e. The van der Waals surface area contributed by atoms with Crippen LogP contribution in [0.1, 0.15) is 37.6 Å². The lowest BCUT2D eigenvalue weighted by Crippen LogP contribution is -2.08. The first-order chi connectivity index (χ1) is 10.1. The molecule has 7 heteroatoms. The van der Waals surface area contributed by atoms with Crippen molar-refractivity contribution in [2.24, 2.45) is 7.05 Å². The van der Waals surface area contributed by atoms with Gasteiger partial charge in [-0.1, -0.05) is 20.3 Å². The topological polar surface area (TPSA) is 87.7 Å². The summed E-state index contributed by atoms with van der Waals surface area (Å²) in [6.45, 7) is 4.62. The van der Waals surface area contributed by atoms with E-state index in [-0.39, 0.29) is 0 Å². The van der Waals surface area contributed by atoms with E-state index in [0.29, 0.717) is 18.4 Å². The molecule has 3 rings (SSSR count). The summed E-state index contributed by atoms with van der Waals surface area (Å²) in [6, 6.07) is 0. The van der Waals surface area contributed by atoms with Crippen molar-refractivity contribution in [1.82, 2.24) is 24.3 Å². The summed E-state index contributed by atoms with van der Waals surface area (Å²) in [7, 11) is 1.91. The summed E-state index contributed by atoms with van der Waals surface area (Å²) < 4.78 is 9.38. The predicted octanol–water partition coefficient (Wildman–Crippen LogP) is 1.90. The number of hydrogen-bond acceptors (Lipinski definition) is 5. The van der Waals surface area contributed by atoms with Gasteiger partial charge in [0.05, 0.1) is 11.9 Å². The van der Waals surface area contributed by atoms with Crippen molar-refractivity contribution in [3.05, 3.63) is 23.5 Å². The van der Waals surface area contributed by atoms with Crippen molar-refractivity contribution in [2.75, 3.05) is 5.73 Å². The number of hydrogen-bond donors (Lipinski definition) is 1. The molecule has 3 aromatic rings. The Morgan fingerprint density at radius 3 is 2.81 bits per heavy atom. The van der Waals surface area contributed by atoms with Crippen LogP contribution in [0, 0.1) is 0 Å². The van der Waals surface area contributed by atoms with E-state index in [9.17, 15) is 0 Å². The fourth-order valence-electron chi connectivity index (χ4n) is 2.54. The minimum absolute atomic E-state index is 0.464. The number of anilines is 1.